The molecule has 0 aliphatic heterocycles. The second-order valence-electron chi connectivity index (χ2n) is 5.09. The maximum atomic E-state index is 14.4. The minimum atomic E-state index is -3.31. The number of carbonyl (C=O) groups is 1. The number of hydrogen-bond donors (Lipinski definition) is 1. The van der Waals surface area contributed by atoms with Crippen LogP contribution in [0.25, 0.3) is 0 Å². The Hall–Kier alpha value is -1.59. The standard InChI is InChI=1S/C14H19F2NO6S2/c1-3-8-25(21,22)9-4-7-17(24(19)20)11-6-5-10(15)12(13(11)16)14(18)23-2/h5-6H,3-4,7-9H2,1-2H3,(H,19,20). The average molecular weight is 399 g/mol. The summed E-state index contributed by atoms with van der Waals surface area (Å²) in [7, 11) is -2.37. The van der Waals surface area contributed by atoms with Gasteiger partial charge >= 0.3 is 5.97 Å². The number of benzene rings is 1. The van der Waals surface area contributed by atoms with Crippen LogP contribution in [0.5, 0.6) is 0 Å². The van der Waals surface area contributed by atoms with Crippen molar-refractivity contribution in [3.05, 3.63) is 29.3 Å². The number of carbonyl (C=O) groups excluding carboxylic acids is 1. The number of sulfone groups is 1. The van der Waals surface area contributed by atoms with Crippen LogP contribution in [-0.2, 0) is 25.8 Å². The van der Waals surface area contributed by atoms with Crippen LogP contribution in [0.15, 0.2) is 12.1 Å². The van der Waals surface area contributed by atoms with Gasteiger partial charge in [0.05, 0.1) is 18.6 Å². The van der Waals surface area contributed by atoms with Gasteiger partial charge in [-0.05, 0) is 25.0 Å². The van der Waals surface area contributed by atoms with Crippen LogP contribution < -0.4 is 4.31 Å². The van der Waals surface area contributed by atoms with Crippen LogP contribution in [0.2, 0.25) is 0 Å². The first-order chi connectivity index (χ1) is 11.6. The number of hydrogen-bond acceptors (Lipinski definition) is 5. The molecule has 0 aliphatic rings. The van der Waals surface area contributed by atoms with Crippen molar-refractivity contribution in [1.29, 1.82) is 0 Å². The normalized spacial score (nSPS) is 12.7. The van der Waals surface area contributed by atoms with E-state index in [1.165, 1.54) is 0 Å². The van der Waals surface area contributed by atoms with Gasteiger partial charge in [0.1, 0.15) is 21.2 Å². The van der Waals surface area contributed by atoms with E-state index in [1.54, 1.807) is 6.92 Å². The molecule has 0 heterocycles. The summed E-state index contributed by atoms with van der Waals surface area (Å²) < 4.78 is 77.2. The van der Waals surface area contributed by atoms with Crippen molar-refractivity contribution in [2.75, 3.05) is 29.5 Å². The predicted octanol–water partition coefficient (Wildman–Crippen LogP) is 1.91. The lowest BCUT2D eigenvalue weighted by Gasteiger charge is -2.21. The minimum absolute atomic E-state index is 0.0212. The van der Waals surface area contributed by atoms with E-state index in [-0.39, 0.29) is 24.5 Å². The molecule has 0 bridgehead atoms. The fraction of sp³-hybridized carbons (Fsp3) is 0.500. The van der Waals surface area contributed by atoms with Crippen molar-refractivity contribution in [2.45, 2.75) is 19.8 Å². The summed E-state index contributed by atoms with van der Waals surface area (Å²) in [5, 5.41) is 0. The first-order valence-electron chi connectivity index (χ1n) is 7.29. The lowest BCUT2D eigenvalue weighted by Crippen LogP contribution is -2.29. The molecule has 0 saturated carbocycles. The van der Waals surface area contributed by atoms with Crippen molar-refractivity contribution >= 4 is 32.8 Å². The number of nitrogens with zero attached hydrogens (tertiary/aromatic N) is 1. The number of esters is 1. The zero-order valence-corrected chi connectivity index (χ0v) is 15.3. The fourth-order valence-electron chi connectivity index (χ4n) is 2.15. The second kappa shape index (κ2) is 9.20. The van der Waals surface area contributed by atoms with E-state index < -0.39 is 50.0 Å². The Kier molecular flexibility index (Phi) is 7.90. The zero-order valence-electron chi connectivity index (χ0n) is 13.7. The average Bonchev–Trinajstić information content (AvgIpc) is 2.52. The molecule has 1 rings (SSSR count). The van der Waals surface area contributed by atoms with Crippen molar-refractivity contribution < 1.29 is 35.5 Å². The van der Waals surface area contributed by atoms with Gasteiger partial charge in [0.15, 0.2) is 5.82 Å². The molecule has 7 nitrogen and oxygen atoms in total. The Morgan fingerprint density at radius 2 is 1.96 bits per heavy atom. The minimum Gasteiger partial charge on any atom is -0.465 e. The van der Waals surface area contributed by atoms with Crippen molar-refractivity contribution in [3.63, 3.8) is 0 Å². The summed E-state index contributed by atoms with van der Waals surface area (Å²) in [4.78, 5) is 11.5. The third-order valence-corrected chi connectivity index (χ3v) is 5.95. The highest BCUT2D eigenvalue weighted by molar-refractivity contribution is 7.91. The summed E-state index contributed by atoms with van der Waals surface area (Å²) >= 11 is -2.70. The van der Waals surface area contributed by atoms with Crippen LogP contribution in [-0.4, -0.2) is 48.3 Å². The third-order valence-electron chi connectivity index (χ3n) is 3.25. The van der Waals surface area contributed by atoms with E-state index in [2.05, 4.69) is 4.74 Å². The third kappa shape index (κ3) is 5.72. The maximum Gasteiger partial charge on any atom is 0.343 e. The Bertz CT molecular complexity index is 754. The fourth-order valence-corrected chi connectivity index (χ4v) is 4.14. The molecule has 142 valence electrons. The monoisotopic (exact) mass is 399 g/mol. The Morgan fingerprint density at radius 1 is 1.32 bits per heavy atom. The van der Waals surface area contributed by atoms with Gasteiger partial charge in [-0.25, -0.2) is 26.2 Å². The number of halogens is 2. The molecule has 1 aromatic rings. The molecule has 0 amide bonds. The van der Waals surface area contributed by atoms with Crippen LogP contribution in [0.4, 0.5) is 14.5 Å². The highest BCUT2D eigenvalue weighted by Gasteiger charge is 2.26. The molecule has 0 spiro atoms. The van der Waals surface area contributed by atoms with Gasteiger partial charge in [-0.2, -0.15) is 0 Å². The van der Waals surface area contributed by atoms with E-state index in [0.29, 0.717) is 10.7 Å². The van der Waals surface area contributed by atoms with Crippen LogP contribution in [0, 0.1) is 11.6 Å². The zero-order chi connectivity index (χ0) is 19.2. The summed E-state index contributed by atoms with van der Waals surface area (Å²) in [5.41, 5.74) is -1.50. The first kappa shape index (κ1) is 21.5. The maximum absolute atomic E-state index is 14.4. The van der Waals surface area contributed by atoms with E-state index in [9.17, 15) is 30.8 Å². The topological polar surface area (TPSA) is 101 Å². The molecule has 0 aromatic heterocycles. The van der Waals surface area contributed by atoms with Gasteiger partial charge in [-0.3, -0.25) is 8.86 Å². The molecule has 1 atom stereocenters. The van der Waals surface area contributed by atoms with E-state index in [1.807, 2.05) is 0 Å². The molecule has 0 fully saturated rings. The van der Waals surface area contributed by atoms with Gasteiger partial charge in [0.2, 0.25) is 0 Å². The number of rotatable bonds is 9. The largest absolute Gasteiger partial charge is 0.465 e. The molecule has 0 aliphatic carbocycles. The number of methoxy groups -OCH3 is 1. The van der Waals surface area contributed by atoms with Gasteiger partial charge < -0.3 is 4.74 Å². The van der Waals surface area contributed by atoms with Crippen molar-refractivity contribution in [2.24, 2.45) is 0 Å². The highest BCUT2D eigenvalue weighted by Crippen LogP contribution is 2.26. The molecule has 11 heteroatoms. The van der Waals surface area contributed by atoms with Crippen LogP contribution >= 0.6 is 0 Å². The quantitative estimate of drug-likeness (QED) is 0.503. The molecule has 0 radical (unpaired) electrons. The summed E-state index contributed by atoms with van der Waals surface area (Å²) in [5.74, 6) is -4.08. The SMILES string of the molecule is CCCS(=O)(=O)CCCN(c1ccc(F)c(C(=O)OC)c1F)S(=O)O. The van der Waals surface area contributed by atoms with Crippen LogP contribution in [0.3, 0.4) is 0 Å². The summed E-state index contributed by atoms with van der Waals surface area (Å²) in [6.45, 7) is 1.42. The lowest BCUT2D eigenvalue weighted by atomic mass is 10.1. The van der Waals surface area contributed by atoms with Crippen molar-refractivity contribution in [3.8, 4) is 0 Å². The molecule has 1 aromatic carbocycles. The molecule has 1 N–H and O–H groups in total. The molecule has 0 saturated heterocycles. The van der Waals surface area contributed by atoms with E-state index >= 15 is 0 Å². The van der Waals surface area contributed by atoms with Gasteiger partial charge in [0.25, 0.3) is 11.3 Å². The number of ether oxygens (including phenoxy) is 1. The lowest BCUT2D eigenvalue weighted by molar-refractivity contribution is 0.0590. The summed E-state index contributed by atoms with van der Waals surface area (Å²) in [6, 6.07) is 1.66. The van der Waals surface area contributed by atoms with E-state index in [4.69, 9.17) is 0 Å². The van der Waals surface area contributed by atoms with Gasteiger partial charge in [0, 0.05) is 12.3 Å². The smallest absolute Gasteiger partial charge is 0.343 e. The Labute approximate surface area is 147 Å². The van der Waals surface area contributed by atoms with E-state index in [0.717, 1.165) is 19.2 Å². The molecule has 1 unspecified atom stereocenters. The highest BCUT2D eigenvalue weighted by atomic mass is 32.2. The second-order valence-corrected chi connectivity index (χ2v) is 8.29. The van der Waals surface area contributed by atoms with Crippen molar-refractivity contribution in [1.82, 2.24) is 0 Å². The van der Waals surface area contributed by atoms with Gasteiger partial charge in [-0.15, -0.1) is 0 Å². The van der Waals surface area contributed by atoms with Crippen LogP contribution in [0.1, 0.15) is 30.1 Å². The first-order valence-corrected chi connectivity index (χ1v) is 10.2. The van der Waals surface area contributed by atoms with Gasteiger partial charge in [-0.1, -0.05) is 6.92 Å². The Balaban J connectivity index is 3.08. The Morgan fingerprint density at radius 3 is 2.48 bits per heavy atom. The molecular formula is C14H19F2NO6S2. The molecule has 25 heavy (non-hydrogen) atoms. The number of anilines is 1. The molecular weight excluding hydrogens is 380 g/mol. The summed E-state index contributed by atoms with van der Waals surface area (Å²) in [6.07, 6.45) is 0.395. The predicted molar refractivity (Wildman–Crippen MR) is 89.4 cm³/mol.